The predicted octanol–water partition coefficient (Wildman–Crippen LogP) is 4.19. The Kier molecular flexibility index (Phi) is 5.56. The van der Waals surface area contributed by atoms with Gasteiger partial charge in [0.15, 0.2) is 5.13 Å². The molecule has 6 nitrogen and oxygen atoms in total. The third kappa shape index (κ3) is 3.80. The second-order valence-electron chi connectivity index (χ2n) is 6.99. The monoisotopic (exact) mass is 417 g/mol. The highest BCUT2D eigenvalue weighted by atomic mass is 32.2. The lowest BCUT2D eigenvalue weighted by molar-refractivity contribution is 0.102. The van der Waals surface area contributed by atoms with Gasteiger partial charge in [-0.25, -0.2) is 13.4 Å². The van der Waals surface area contributed by atoms with Crippen LogP contribution in [0.1, 0.15) is 35.3 Å². The molecule has 1 aromatic heterocycles. The van der Waals surface area contributed by atoms with Gasteiger partial charge in [0.2, 0.25) is 10.0 Å². The molecular weight excluding hydrogens is 394 g/mol. The van der Waals surface area contributed by atoms with Crippen LogP contribution in [0.3, 0.4) is 0 Å². The minimum atomic E-state index is -3.66. The van der Waals surface area contributed by atoms with Crippen molar-refractivity contribution in [3.05, 3.63) is 53.1 Å². The van der Waals surface area contributed by atoms with Gasteiger partial charge in [-0.1, -0.05) is 29.5 Å². The zero-order valence-corrected chi connectivity index (χ0v) is 18.1. The Morgan fingerprint density at radius 2 is 1.82 bits per heavy atom. The van der Waals surface area contributed by atoms with E-state index in [1.165, 1.54) is 34.8 Å². The van der Waals surface area contributed by atoms with Gasteiger partial charge in [-0.05, 0) is 57.0 Å². The molecule has 2 aromatic carbocycles. The van der Waals surface area contributed by atoms with E-state index in [2.05, 4.69) is 10.3 Å². The number of fused-ring (bicyclic) bond motifs is 1. The van der Waals surface area contributed by atoms with E-state index in [9.17, 15) is 13.2 Å². The van der Waals surface area contributed by atoms with E-state index in [1.807, 2.05) is 26.0 Å². The normalized spacial score (nSPS) is 12.1. The number of nitrogens with zero attached hydrogens (tertiary/aromatic N) is 2. The molecule has 0 unspecified atom stereocenters. The molecule has 1 heterocycles. The molecule has 0 saturated carbocycles. The van der Waals surface area contributed by atoms with Crippen LogP contribution in [0, 0.1) is 13.8 Å². The fourth-order valence-electron chi connectivity index (χ4n) is 2.72. The van der Waals surface area contributed by atoms with Crippen molar-refractivity contribution in [3.8, 4) is 0 Å². The van der Waals surface area contributed by atoms with E-state index in [4.69, 9.17) is 0 Å². The summed E-state index contributed by atoms with van der Waals surface area (Å²) in [6.45, 7) is 7.58. The van der Waals surface area contributed by atoms with Gasteiger partial charge in [0.05, 0.1) is 15.1 Å². The summed E-state index contributed by atoms with van der Waals surface area (Å²) < 4.78 is 27.7. The quantitative estimate of drug-likeness (QED) is 0.675. The number of aryl methyl sites for hydroxylation is 2. The Hall–Kier alpha value is -2.29. The molecule has 8 heteroatoms. The van der Waals surface area contributed by atoms with Gasteiger partial charge in [-0.15, -0.1) is 0 Å². The lowest BCUT2D eigenvalue weighted by Crippen LogP contribution is -2.33. The summed E-state index contributed by atoms with van der Waals surface area (Å²) in [7, 11) is -2.13. The van der Waals surface area contributed by atoms with E-state index >= 15 is 0 Å². The van der Waals surface area contributed by atoms with Crippen LogP contribution < -0.4 is 5.32 Å². The van der Waals surface area contributed by atoms with Gasteiger partial charge >= 0.3 is 0 Å². The maximum Gasteiger partial charge on any atom is 0.257 e. The van der Waals surface area contributed by atoms with Gasteiger partial charge in [0.1, 0.15) is 0 Å². The molecule has 3 rings (SSSR count). The molecule has 0 aliphatic heterocycles. The maximum atomic E-state index is 12.7. The molecule has 28 heavy (non-hydrogen) atoms. The van der Waals surface area contributed by atoms with Crippen molar-refractivity contribution in [2.45, 2.75) is 38.6 Å². The Bertz CT molecular complexity index is 1110. The molecule has 0 fully saturated rings. The Labute approximate surface area is 169 Å². The van der Waals surface area contributed by atoms with Gasteiger partial charge in [-0.3, -0.25) is 10.1 Å². The Morgan fingerprint density at radius 1 is 1.14 bits per heavy atom. The molecule has 0 atom stereocenters. The smallest absolute Gasteiger partial charge is 0.257 e. The molecule has 1 amide bonds. The first-order chi connectivity index (χ1) is 13.1. The first kappa shape index (κ1) is 20.4. The van der Waals surface area contributed by atoms with Crippen LogP contribution in [-0.4, -0.2) is 36.7 Å². The number of hydrogen-bond donors (Lipinski definition) is 1. The van der Waals surface area contributed by atoms with Crippen LogP contribution in [0.15, 0.2) is 41.3 Å². The molecule has 0 aliphatic carbocycles. The Morgan fingerprint density at radius 3 is 2.46 bits per heavy atom. The number of thiazole rings is 1. The van der Waals surface area contributed by atoms with E-state index in [0.29, 0.717) is 5.13 Å². The minimum absolute atomic E-state index is 0.0901. The largest absolute Gasteiger partial charge is 0.298 e. The number of sulfonamides is 1. The summed E-state index contributed by atoms with van der Waals surface area (Å²) >= 11 is 1.41. The van der Waals surface area contributed by atoms with Crippen molar-refractivity contribution in [1.82, 2.24) is 9.29 Å². The maximum absolute atomic E-state index is 12.7. The average molecular weight is 418 g/mol. The lowest BCUT2D eigenvalue weighted by Gasteiger charge is -2.21. The van der Waals surface area contributed by atoms with E-state index in [1.54, 1.807) is 26.0 Å². The van der Waals surface area contributed by atoms with Crippen LogP contribution in [0.5, 0.6) is 0 Å². The van der Waals surface area contributed by atoms with Crippen LogP contribution in [0.2, 0.25) is 0 Å². The number of nitrogens with one attached hydrogen (secondary N) is 1. The zero-order valence-electron chi connectivity index (χ0n) is 16.5. The highest BCUT2D eigenvalue weighted by Crippen LogP contribution is 2.31. The van der Waals surface area contributed by atoms with Gasteiger partial charge in [-0.2, -0.15) is 4.31 Å². The van der Waals surface area contributed by atoms with Crippen LogP contribution in [-0.2, 0) is 10.0 Å². The molecule has 0 radical (unpaired) electrons. The molecule has 1 N–H and O–H groups in total. The first-order valence-corrected chi connectivity index (χ1v) is 11.1. The van der Waals surface area contributed by atoms with Crippen molar-refractivity contribution in [1.29, 1.82) is 0 Å². The third-order valence-corrected chi connectivity index (χ3v) is 7.80. The summed E-state index contributed by atoms with van der Waals surface area (Å²) in [6.07, 6.45) is 0. The summed E-state index contributed by atoms with van der Waals surface area (Å²) in [5, 5.41) is 3.28. The molecule has 0 bridgehead atoms. The summed E-state index contributed by atoms with van der Waals surface area (Å²) in [5.74, 6) is -0.390. The van der Waals surface area contributed by atoms with Crippen LogP contribution in [0.4, 0.5) is 5.13 Å². The summed E-state index contributed by atoms with van der Waals surface area (Å²) in [4.78, 5) is 17.3. The summed E-state index contributed by atoms with van der Waals surface area (Å²) in [5.41, 5.74) is 3.28. The van der Waals surface area contributed by atoms with Crippen LogP contribution in [0.25, 0.3) is 10.2 Å². The fraction of sp³-hybridized carbons (Fsp3) is 0.300. The number of anilines is 1. The van der Waals surface area contributed by atoms with Gasteiger partial charge in [0, 0.05) is 18.7 Å². The molecular formula is C20H23N3O3S2. The van der Waals surface area contributed by atoms with Crippen molar-refractivity contribution < 1.29 is 13.2 Å². The highest BCUT2D eigenvalue weighted by molar-refractivity contribution is 7.89. The number of amides is 1. The van der Waals surface area contributed by atoms with E-state index in [0.717, 1.165) is 21.3 Å². The van der Waals surface area contributed by atoms with Crippen molar-refractivity contribution in [2.75, 3.05) is 12.4 Å². The minimum Gasteiger partial charge on any atom is -0.298 e. The van der Waals surface area contributed by atoms with Crippen molar-refractivity contribution in [3.63, 3.8) is 0 Å². The fourth-order valence-corrected chi connectivity index (χ4v) is 5.14. The number of carbonyl (C=O) groups excluding carboxylic acids is 1. The molecule has 0 aliphatic rings. The molecule has 3 aromatic rings. The highest BCUT2D eigenvalue weighted by Gasteiger charge is 2.24. The zero-order chi connectivity index (χ0) is 20.6. The molecule has 148 valence electrons. The third-order valence-electron chi connectivity index (χ3n) is 4.66. The van der Waals surface area contributed by atoms with Crippen molar-refractivity contribution in [2.24, 2.45) is 0 Å². The van der Waals surface area contributed by atoms with Gasteiger partial charge in [0.25, 0.3) is 5.91 Å². The Balaban J connectivity index is 1.90. The summed E-state index contributed by atoms with van der Waals surface area (Å²) in [6, 6.07) is 9.90. The lowest BCUT2D eigenvalue weighted by atomic mass is 10.1. The topological polar surface area (TPSA) is 79.4 Å². The molecule has 0 spiro atoms. The average Bonchev–Trinajstić information content (AvgIpc) is 3.09. The van der Waals surface area contributed by atoms with E-state index in [-0.39, 0.29) is 16.5 Å². The predicted molar refractivity (Wildman–Crippen MR) is 114 cm³/mol. The second kappa shape index (κ2) is 7.62. The van der Waals surface area contributed by atoms with Crippen LogP contribution >= 0.6 is 11.3 Å². The van der Waals surface area contributed by atoms with Crippen molar-refractivity contribution >= 4 is 42.6 Å². The molecule has 0 saturated heterocycles. The number of carbonyl (C=O) groups is 1. The van der Waals surface area contributed by atoms with E-state index < -0.39 is 15.9 Å². The van der Waals surface area contributed by atoms with Gasteiger partial charge < -0.3 is 0 Å². The standard InChI is InChI=1S/C20H23N3O3S2/c1-12(2)23(5)28(25,26)16-8-6-7-15(11-16)19(24)22-20-21-17-13(3)9-10-14(4)18(17)27-20/h6-12H,1-5H3,(H,21,22,24). The number of aromatic nitrogens is 1. The SMILES string of the molecule is Cc1ccc(C)c2sc(NC(=O)c3cccc(S(=O)(=O)N(C)C(C)C)c3)nc12. The first-order valence-electron chi connectivity index (χ1n) is 8.87. The number of hydrogen-bond acceptors (Lipinski definition) is 5. The second-order valence-corrected chi connectivity index (χ2v) is 9.99. The number of rotatable bonds is 5. The number of benzene rings is 2.